The summed E-state index contributed by atoms with van der Waals surface area (Å²) in [6.07, 6.45) is 10.7. The zero-order valence-corrected chi connectivity index (χ0v) is 26.5. The SMILES string of the molecule is COc1c(F)cccc1Nc1c2[nH]c3c1C(=O)NCC3CCC(C)(C)CCCCC(=O)N1CCCC(COc3cnccc3-2)C1. The molecular formula is C35H44FN5O4. The lowest BCUT2D eigenvalue weighted by Gasteiger charge is -2.33. The molecule has 1 fully saturated rings. The van der Waals surface area contributed by atoms with Crippen molar-refractivity contribution in [3.05, 3.63) is 53.7 Å². The number of para-hydroxylation sites is 1. The summed E-state index contributed by atoms with van der Waals surface area (Å²) in [5.74, 6) is 0.456. The van der Waals surface area contributed by atoms with Crippen molar-refractivity contribution in [3.8, 4) is 22.8 Å². The van der Waals surface area contributed by atoms with Crippen LogP contribution in [0.3, 0.4) is 0 Å². The largest absolute Gasteiger partial charge is 0.492 e. The Labute approximate surface area is 264 Å². The summed E-state index contributed by atoms with van der Waals surface area (Å²) < 4.78 is 26.6. The van der Waals surface area contributed by atoms with E-state index in [1.165, 1.54) is 13.2 Å². The van der Waals surface area contributed by atoms with Crippen molar-refractivity contribution < 1.29 is 23.5 Å². The Morgan fingerprint density at radius 3 is 2.84 bits per heavy atom. The number of H-pyrrole nitrogens is 1. The van der Waals surface area contributed by atoms with Gasteiger partial charge in [0.15, 0.2) is 11.6 Å². The highest BCUT2D eigenvalue weighted by atomic mass is 19.1. The molecule has 1 saturated heterocycles. The van der Waals surface area contributed by atoms with Crippen LogP contribution in [0.15, 0.2) is 36.7 Å². The lowest BCUT2D eigenvalue weighted by atomic mass is 9.79. The van der Waals surface area contributed by atoms with E-state index in [0.717, 1.165) is 62.7 Å². The number of carbonyl (C=O) groups excluding carboxylic acids is 2. The van der Waals surface area contributed by atoms with Gasteiger partial charge in [0.1, 0.15) is 5.75 Å². The minimum atomic E-state index is -0.501. The fraction of sp³-hybridized carbons (Fsp3) is 0.514. The number of nitrogens with one attached hydrogen (secondary N) is 3. The quantitative estimate of drug-likeness (QED) is 0.299. The second-order valence-corrected chi connectivity index (χ2v) is 13.5. The van der Waals surface area contributed by atoms with Gasteiger partial charge in [0.2, 0.25) is 5.91 Å². The van der Waals surface area contributed by atoms with E-state index in [2.05, 4.69) is 34.4 Å². The third kappa shape index (κ3) is 6.65. The molecule has 0 aliphatic carbocycles. The van der Waals surface area contributed by atoms with Crippen LogP contribution in [0.2, 0.25) is 0 Å². The smallest absolute Gasteiger partial charge is 0.255 e. The van der Waals surface area contributed by atoms with Crippen LogP contribution in [0.4, 0.5) is 15.8 Å². The number of fused-ring (bicyclic) bond motifs is 5. The summed E-state index contributed by atoms with van der Waals surface area (Å²) >= 11 is 0. The number of hydrogen-bond donors (Lipinski definition) is 3. The molecule has 2 unspecified atom stereocenters. The number of rotatable bonds is 3. The Morgan fingerprint density at radius 1 is 1.13 bits per heavy atom. The fourth-order valence-electron chi connectivity index (χ4n) is 7.06. The van der Waals surface area contributed by atoms with Crippen molar-refractivity contribution in [3.63, 3.8) is 0 Å². The zero-order valence-electron chi connectivity index (χ0n) is 26.5. The maximum absolute atomic E-state index is 14.8. The number of carbonyl (C=O) groups is 2. The number of pyridine rings is 1. The molecule has 2 atom stereocenters. The van der Waals surface area contributed by atoms with Crippen molar-refractivity contribution in [1.29, 1.82) is 0 Å². The molecule has 10 heteroatoms. The Kier molecular flexibility index (Phi) is 9.01. The molecule has 5 heterocycles. The molecule has 6 rings (SSSR count). The number of benzene rings is 1. The number of aromatic amines is 1. The molecule has 45 heavy (non-hydrogen) atoms. The maximum atomic E-state index is 14.8. The van der Waals surface area contributed by atoms with E-state index in [-0.39, 0.29) is 34.8 Å². The van der Waals surface area contributed by atoms with Crippen LogP contribution in [0, 0.1) is 17.2 Å². The Bertz CT molecular complexity index is 1550. The number of nitrogens with zero attached hydrogens (tertiary/aromatic N) is 2. The van der Waals surface area contributed by atoms with E-state index >= 15 is 0 Å². The molecule has 3 aliphatic rings. The van der Waals surface area contributed by atoms with E-state index in [9.17, 15) is 14.0 Å². The summed E-state index contributed by atoms with van der Waals surface area (Å²) in [5, 5.41) is 6.48. The van der Waals surface area contributed by atoms with Gasteiger partial charge in [-0.1, -0.05) is 26.3 Å². The number of ether oxygens (including phenoxy) is 2. The monoisotopic (exact) mass is 617 g/mol. The lowest BCUT2D eigenvalue weighted by molar-refractivity contribution is -0.133. The van der Waals surface area contributed by atoms with Crippen molar-refractivity contribution in [1.82, 2.24) is 20.2 Å². The lowest BCUT2D eigenvalue weighted by Crippen LogP contribution is -2.41. The van der Waals surface area contributed by atoms with Crippen LogP contribution in [0.5, 0.6) is 11.5 Å². The number of hydrogen-bond acceptors (Lipinski definition) is 6. The molecular weight excluding hydrogens is 573 g/mol. The van der Waals surface area contributed by atoms with Gasteiger partial charge in [0.05, 0.1) is 42.5 Å². The van der Waals surface area contributed by atoms with Gasteiger partial charge < -0.3 is 30.0 Å². The predicted octanol–water partition coefficient (Wildman–Crippen LogP) is 6.79. The van der Waals surface area contributed by atoms with Gasteiger partial charge in [-0.25, -0.2) is 4.39 Å². The highest BCUT2D eigenvalue weighted by Crippen LogP contribution is 2.45. The fourth-order valence-corrected chi connectivity index (χ4v) is 7.06. The number of halogens is 1. The molecule has 3 aliphatic heterocycles. The van der Waals surface area contributed by atoms with Crippen molar-refractivity contribution >= 4 is 23.2 Å². The van der Waals surface area contributed by atoms with Gasteiger partial charge in [0.25, 0.3) is 5.91 Å². The summed E-state index contributed by atoms with van der Waals surface area (Å²) in [4.78, 5) is 36.7. The van der Waals surface area contributed by atoms with Gasteiger partial charge in [-0.2, -0.15) is 0 Å². The molecule has 2 aromatic heterocycles. The van der Waals surface area contributed by atoms with Crippen LogP contribution in [-0.2, 0) is 4.79 Å². The normalized spacial score (nSPS) is 22.2. The first-order chi connectivity index (χ1) is 21.7. The third-order valence-corrected chi connectivity index (χ3v) is 9.67. The molecule has 0 radical (unpaired) electrons. The van der Waals surface area contributed by atoms with E-state index in [0.29, 0.717) is 54.5 Å². The van der Waals surface area contributed by atoms with Crippen molar-refractivity contribution in [2.45, 2.75) is 71.1 Å². The maximum Gasteiger partial charge on any atom is 0.255 e. The van der Waals surface area contributed by atoms with Gasteiger partial charge in [-0.15, -0.1) is 0 Å². The molecule has 2 amide bonds. The van der Waals surface area contributed by atoms with Gasteiger partial charge >= 0.3 is 0 Å². The van der Waals surface area contributed by atoms with Crippen LogP contribution < -0.4 is 20.1 Å². The van der Waals surface area contributed by atoms with Crippen molar-refractivity contribution in [2.75, 3.05) is 38.7 Å². The first kappa shape index (κ1) is 30.9. The number of piperidine rings is 1. The van der Waals surface area contributed by atoms with Crippen LogP contribution >= 0.6 is 0 Å². The first-order valence-electron chi connectivity index (χ1n) is 16.2. The van der Waals surface area contributed by atoms with E-state index in [4.69, 9.17) is 9.47 Å². The highest BCUT2D eigenvalue weighted by Gasteiger charge is 2.35. The molecule has 0 saturated carbocycles. The molecule has 3 aromatic rings. The molecule has 240 valence electrons. The van der Waals surface area contributed by atoms with Crippen LogP contribution in [0.25, 0.3) is 11.3 Å². The Morgan fingerprint density at radius 2 is 2.00 bits per heavy atom. The minimum Gasteiger partial charge on any atom is -0.492 e. The summed E-state index contributed by atoms with van der Waals surface area (Å²) in [6, 6.07) is 6.56. The topological polar surface area (TPSA) is 109 Å². The van der Waals surface area contributed by atoms with Crippen molar-refractivity contribution in [2.24, 2.45) is 11.3 Å². The zero-order chi connectivity index (χ0) is 31.6. The molecule has 1 aromatic carbocycles. The molecule has 0 spiro atoms. The number of methoxy groups -OCH3 is 1. The van der Waals surface area contributed by atoms with Gasteiger partial charge in [0, 0.05) is 55.3 Å². The van der Waals surface area contributed by atoms with Crippen LogP contribution in [-0.4, -0.2) is 60.0 Å². The summed E-state index contributed by atoms with van der Waals surface area (Å²) in [6.45, 7) is 7.04. The predicted molar refractivity (Wildman–Crippen MR) is 172 cm³/mol. The van der Waals surface area contributed by atoms with Gasteiger partial charge in [-0.05, 0) is 62.1 Å². The first-order valence-corrected chi connectivity index (χ1v) is 16.2. The Balaban J connectivity index is 1.44. The van der Waals surface area contributed by atoms with Gasteiger partial charge in [-0.3, -0.25) is 14.6 Å². The van der Waals surface area contributed by atoms with E-state index < -0.39 is 5.82 Å². The standard InChI is InChI=1S/C35H44FN5O4/c1-35(2)14-5-4-11-28(42)41-17-7-8-22(20-41)21-45-27-19-37-16-13-24(27)31-32(39-26-10-6-9-25(36)33(26)44-3)29-30(40-31)23(12-15-35)18-38-34(29)43/h6,9-10,13,16,19,22-23,39-40H,4-5,7-8,11-12,14-15,17-18,20-21H2,1-3H3,(H,38,43). The summed E-state index contributed by atoms with van der Waals surface area (Å²) in [5.41, 5.74) is 3.82. The summed E-state index contributed by atoms with van der Waals surface area (Å²) in [7, 11) is 1.43. The molecule has 4 bridgehead atoms. The highest BCUT2D eigenvalue weighted by molar-refractivity contribution is 6.07. The molecule has 3 N–H and O–H groups in total. The Hall–Kier alpha value is -4.08. The average Bonchev–Trinajstić information content (AvgIpc) is 3.41. The minimum absolute atomic E-state index is 0.0580. The second kappa shape index (κ2) is 13.1. The van der Waals surface area contributed by atoms with Crippen LogP contribution in [0.1, 0.15) is 87.2 Å². The van der Waals surface area contributed by atoms with E-state index in [1.807, 2.05) is 11.0 Å². The second-order valence-electron chi connectivity index (χ2n) is 13.5. The number of anilines is 2. The number of aromatic nitrogens is 2. The number of amides is 2. The third-order valence-electron chi connectivity index (χ3n) is 9.67. The molecule has 9 nitrogen and oxygen atoms in total. The van der Waals surface area contributed by atoms with E-state index in [1.54, 1.807) is 24.5 Å². The average molecular weight is 618 g/mol.